The maximum Gasteiger partial charge on any atom is 0.233 e. The van der Waals surface area contributed by atoms with E-state index in [1.165, 1.54) is 0 Å². The van der Waals surface area contributed by atoms with Crippen molar-refractivity contribution in [2.45, 2.75) is 22.8 Å². The van der Waals surface area contributed by atoms with Crippen LogP contribution in [0.1, 0.15) is 6.42 Å². The lowest BCUT2D eigenvalue weighted by atomic mass is 10.2. The number of fused-ring (bicyclic) bond motifs is 2. The Morgan fingerprint density at radius 1 is 1.08 bits per heavy atom. The molecule has 1 aromatic heterocycles. The molecule has 0 saturated heterocycles. The number of para-hydroxylation sites is 1. The van der Waals surface area contributed by atoms with Crippen LogP contribution in [-0.4, -0.2) is 15.7 Å². The number of rotatable bonds is 3. The summed E-state index contributed by atoms with van der Waals surface area (Å²) >= 11 is 7.83. The average molecular weight is 356 g/mol. The number of halogens is 1. The van der Waals surface area contributed by atoms with Gasteiger partial charge < -0.3 is 0 Å². The first-order valence-corrected chi connectivity index (χ1v) is 8.78. The van der Waals surface area contributed by atoms with E-state index in [9.17, 15) is 4.79 Å². The summed E-state index contributed by atoms with van der Waals surface area (Å²) in [6.45, 7) is 0.549. The van der Waals surface area contributed by atoms with Gasteiger partial charge >= 0.3 is 0 Å². The van der Waals surface area contributed by atoms with Crippen molar-refractivity contribution in [2.24, 2.45) is 0 Å². The molecule has 0 atom stereocenters. The molecule has 2 heterocycles. The number of aryl methyl sites for hydroxylation is 1. The zero-order chi connectivity index (χ0) is 16.5. The molecular formula is C18H14ClN3OS. The first-order valence-electron chi connectivity index (χ1n) is 7.59. The van der Waals surface area contributed by atoms with E-state index in [4.69, 9.17) is 11.6 Å². The van der Waals surface area contributed by atoms with E-state index in [1.807, 2.05) is 54.7 Å². The number of hydrogen-bond donors (Lipinski definition) is 0. The molecule has 4 rings (SSSR count). The van der Waals surface area contributed by atoms with Gasteiger partial charge in [-0.25, -0.2) is 0 Å². The van der Waals surface area contributed by atoms with Crippen LogP contribution in [0.3, 0.4) is 0 Å². The number of amides is 1. The Balaban J connectivity index is 1.70. The van der Waals surface area contributed by atoms with Gasteiger partial charge in [0.25, 0.3) is 0 Å². The van der Waals surface area contributed by atoms with E-state index in [2.05, 4.69) is 5.10 Å². The second-order valence-corrected chi connectivity index (χ2v) is 6.95. The fourth-order valence-corrected chi connectivity index (χ4v) is 3.96. The maximum atomic E-state index is 13.0. The van der Waals surface area contributed by atoms with E-state index in [-0.39, 0.29) is 5.91 Å². The van der Waals surface area contributed by atoms with Gasteiger partial charge in [-0.1, -0.05) is 35.5 Å². The van der Waals surface area contributed by atoms with Crippen molar-refractivity contribution in [2.75, 3.05) is 4.90 Å². The fraction of sp³-hybridized carbons (Fsp3) is 0.111. The molecule has 2 aromatic carbocycles. The number of nitrogens with zero attached hydrogens (tertiary/aromatic N) is 3. The lowest BCUT2D eigenvalue weighted by molar-refractivity contribution is -0.118. The van der Waals surface area contributed by atoms with E-state index in [0.717, 1.165) is 21.2 Å². The van der Waals surface area contributed by atoms with Gasteiger partial charge in [-0.3, -0.25) is 14.4 Å². The number of carbonyl (C=O) groups excluding carboxylic acids is 1. The molecule has 1 aliphatic heterocycles. The standard InChI is InChI=1S/C18H14ClN3OS/c19-13-6-7-17-15(12-13)22(14-4-1-2-5-16(14)24-17)18(23)8-11-21-10-3-9-20-21/h1-7,9-10,12H,8,11H2. The number of carbonyl (C=O) groups is 1. The molecule has 3 aromatic rings. The Bertz CT molecular complexity index is 895. The highest BCUT2D eigenvalue weighted by Gasteiger charge is 2.28. The summed E-state index contributed by atoms with van der Waals surface area (Å²) in [7, 11) is 0. The van der Waals surface area contributed by atoms with Crippen molar-refractivity contribution in [3.8, 4) is 0 Å². The highest BCUT2D eigenvalue weighted by Crippen LogP contribution is 2.48. The summed E-state index contributed by atoms with van der Waals surface area (Å²) < 4.78 is 1.77. The molecule has 0 unspecified atom stereocenters. The van der Waals surface area contributed by atoms with Crippen LogP contribution in [0, 0.1) is 0 Å². The van der Waals surface area contributed by atoms with Crippen LogP contribution >= 0.6 is 23.4 Å². The van der Waals surface area contributed by atoms with E-state index in [1.54, 1.807) is 27.5 Å². The van der Waals surface area contributed by atoms with Crippen molar-refractivity contribution in [1.82, 2.24) is 9.78 Å². The van der Waals surface area contributed by atoms with Gasteiger partial charge in [0.2, 0.25) is 5.91 Å². The third-order valence-electron chi connectivity index (χ3n) is 3.85. The predicted octanol–water partition coefficient (Wildman–Crippen LogP) is 4.76. The van der Waals surface area contributed by atoms with Crippen molar-refractivity contribution < 1.29 is 4.79 Å². The van der Waals surface area contributed by atoms with Crippen LogP contribution in [0.15, 0.2) is 70.7 Å². The van der Waals surface area contributed by atoms with Gasteiger partial charge in [-0.2, -0.15) is 5.10 Å². The monoisotopic (exact) mass is 355 g/mol. The smallest absolute Gasteiger partial charge is 0.233 e. The number of benzene rings is 2. The first-order chi connectivity index (χ1) is 11.7. The van der Waals surface area contributed by atoms with Crippen LogP contribution in [-0.2, 0) is 11.3 Å². The molecule has 0 aliphatic carbocycles. The zero-order valence-corrected chi connectivity index (χ0v) is 14.3. The Labute approximate surface area is 149 Å². The zero-order valence-electron chi connectivity index (χ0n) is 12.7. The van der Waals surface area contributed by atoms with Crippen molar-refractivity contribution in [1.29, 1.82) is 0 Å². The maximum absolute atomic E-state index is 13.0. The minimum absolute atomic E-state index is 0.0294. The third-order valence-corrected chi connectivity index (χ3v) is 5.22. The molecule has 0 N–H and O–H groups in total. The third kappa shape index (κ3) is 2.81. The average Bonchev–Trinajstić information content (AvgIpc) is 3.11. The van der Waals surface area contributed by atoms with Gasteiger partial charge in [0, 0.05) is 40.2 Å². The Hall–Kier alpha value is -2.24. The Kier molecular flexibility index (Phi) is 4.04. The van der Waals surface area contributed by atoms with E-state index < -0.39 is 0 Å². The summed E-state index contributed by atoms with van der Waals surface area (Å²) in [5.74, 6) is 0.0294. The molecule has 1 amide bonds. The molecule has 0 spiro atoms. The lowest BCUT2D eigenvalue weighted by Gasteiger charge is -2.31. The molecule has 0 saturated carbocycles. The molecule has 1 aliphatic rings. The summed E-state index contributed by atoms with van der Waals surface area (Å²) in [5.41, 5.74) is 1.75. The van der Waals surface area contributed by atoms with Gasteiger partial charge in [-0.15, -0.1) is 0 Å². The van der Waals surface area contributed by atoms with Gasteiger partial charge in [0.1, 0.15) is 0 Å². The second-order valence-electron chi connectivity index (χ2n) is 5.43. The predicted molar refractivity (Wildman–Crippen MR) is 96.0 cm³/mol. The largest absolute Gasteiger partial charge is 0.279 e. The minimum Gasteiger partial charge on any atom is -0.279 e. The van der Waals surface area contributed by atoms with Crippen molar-refractivity contribution >= 4 is 40.6 Å². The summed E-state index contributed by atoms with van der Waals surface area (Å²) in [6, 6.07) is 15.5. The van der Waals surface area contributed by atoms with Crippen molar-refractivity contribution in [3.63, 3.8) is 0 Å². The number of aromatic nitrogens is 2. The van der Waals surface area contributed by atoms with Gasteiger partial charge in [0.05, 0.1) is 11.4 Å². The normalized spacial score (nSPS) is 12.6. The first kappa shape index (κ1) is 15.3. The highest BCUT2D eigenvalue weighted by atomic mass is 35.5. The molecular weight excluding hydrogens is 342 g/mol. The summed E-state index contributed by atoms with van der Waals surface area (Å²) in [6.07, 6.45) is 3.94. The molecule has 0 radical (unpaired) electrons. The van der Waals surface area contributed by atoms with Crippen LogP contribution in [0.2, 0.25) is 5.02 Å². The molecule has 6 heteroatoms. The topological polar surface area (TPSA) is 38.1 Å². The molecule has 24 heavy (non-hydrogen) atoms. The summed E-state index contributed by atoms with van der Waals surface area (Å²) in [4.78, 5) is 16.8. The van der Waals surface area contributed by atoms with E-state index >= 15 is 0 Å². The molecule has 0 fully saturated rings. The number of anilines is 2. The minimum atomic E-state index is 0.0294. The Morgan fingerprint density at radius 2 is 1.92 bits per heavy atom. The second kappa shape index (κ2) is 6.34. The number of hydrogen-bond acceptors (Lipinski definition) is 3. The van der Waals surface area contributed by atoms with Crippen LogP contribution in [0.25, 0.3) is 0 Å². The summed E-state index contributed by atoms with van der Waals surface area (Å²) in [5, 5.41) is 4.78. The fourth-order valence-electron chi connectivity index (χ4n) is 2.75. The van der Waals surface area contributed by atoms with Gasteiger partial charge in [-0.05, 0) is 36.4 Å². The highest BCUT2D eigenvalue weighted by molar-refractivity contribution is 7.99. The lowest BCUT2D eigenvalue weighted by Crippen LogP contribution is -2.29. The van der Waals surface area contributed by atoms with E-state index in [0.29, 0.717) is 18.0 Å². The molecule has 0 bridgehead atoms. The van der Waals surface area contributed by atoms with Crippen LogP contribution in [0.4, 0.5) is 11.4 Å². The molecule has 4 nitrogen and oxygen atoms in total. The quantitative estimate of drug-likeness (QED) is 0.680. The molecule has 120 valence electrons. The van der Waals surface area contributed by atoms with Crippen LogP contribution in [0.5, 0.6) is 0 Å². The van der Waals surface area contributed by atoms with Gasteiger partial charge in [0.15, 0.2) is 0 Å². The van der Waals surface area contributed by atoms with Crippen molar-refractivity contribution in [3.05, 3.63) is 65.9 Å². The Morgan fingerprint density at radius 3 is 2.75 bits per heavy atom. The van der Waals surface area contributed by atoms with Crippen LogP contribution < -0.4 is 4.90 Å². The SMILES string of the molecule is O=C(CCn1cccn1)N1c2ccccc2Sc2ccc(Cl)cc21.